The number of anilines is 1. The summed E-state index contributed by atoms with van der Waals surface area (Å²) in [5.41, 5.74) is 1.61. The molecule has 3 N–H and O–H groups in total. The first kappa shape index (κ1) is 16.2. The van der Waals surface area contributed by atoms with E-state index in [9.17, 15) is 4.79 Å². The number of hydrogen-bond acceptors (Lipinski definition) is 4. The van der Waals surface area contributed by atoms with Crippen molar-refractivity contribution in [2.75, 3.05) is 5.32 Å². The van der Waals surface area contributed by atoms with E-state index in [4.69, 9.17) is 21.7 Å². The van der Waals surface area contributed by atoms with E-state index in [0.717, 1.165) is 17.7 Å². The molecule has 0 atom stereocenters. The van der Waals surface area contributed by atoms with Crippen LogP contribution in [0.25, 0.3) is 11.3 Å². The molecule has 0 unspecified atom stereocenters. The molecule has 0 saturated heterocycles. The van der Waals surface area contributed by atoms with E-state index in [1.807, 2.05) is 31.2 Å². The number of aliphatic hydroxyl groups excluding tert-OH is 1. The standard InChI is InChI=1S/C16H18N2O3S/c1-2-4-15(20)18-16(22)17-12-6-3-5-11(9-12)14-8-7-13(10-19)21-14/h3,5-9,19H,2,4,10H2,1H3,(H2,17,18,20,22). The van der Waals surface area contributed by atoms with E-state index >= 15 is 0 Å². The fourth-order valence-electron chi connectivity index (χ4n) is 1.95. The fraction of sp³-hybridized carbons (Fsp3) is 0.250. The van der Waals surface area contributed by atoms with Gasteiger partial charge >= 0.3 is 0 Å². The van der Waals surface area contributed by atoms with Gasteiger partial charge in [-0.1, -0.05) is 19.1 Å². The minimum atomic E-state index is -0.133. The van der Waals surface area contributed by atoms with Gasteiger partial charge in [-0.25, -0.2) is 0 Å². The Morgan fingerprint density at radius 2 is 2.14 bits per heavy atom. The molecular weight excluding hydrogens is 300 g/mol. The number of benzene rings is 1. The van der Waals surface area contributed by atoms with Crippen molar-refractivity contribution in [3.63, 3.8) is 0 Å². The summed E-state index contributed by atoms with van der Waals surface area (Å²) in [6.45, 7) is 1.80. The minimum absolute atomic E-state index is 0.102. The van der Waals surface area contributed by atoms with Gasteiger partial charge < -0.3 is 20.2 Å². The first-order valence-electron chi connectivity index (χ1n) is 7.03. The van der Waals surface area contributed by atoms with Crippen LogP contribution in [0, 0.1) is 0 Å². The van der Waals surface area contributed by atoms with E-state index in [-0.39, 0.29) is 17.6 Å². The molecule has 1 amide bonds. The van der Waals surface area contributed by atoms with Crippen LogP contribution < -0.4 is 10.6 Å². The van der Waals surface area contributed by atoms with Gasteiger partial charge in [0.05, 0.1) is 0 Å². The molecule has 1 heterocycles. The van der Waals surface area contributed by atoms with Crippen LogP contribution in [0.4, 0.5) is 5.69 Å². The third-order valence-electron chi connectivity index (χ3n) is 2.95. The normalized spacial score (nSPS) is 10.3. The summed E-state index contributed by atoms with van der Waals surface area (Å²) in [5.74, 6) is 1.07. The Bertz CT molecular complexity index is 667. The predicted molar refractivity (Wildman–Crippen MR) is 89.3 cm³/mol. The molecule has 1 aromatic heterocycles. The van der Waals surface area contributed by atoms with Gasteiger partial charge in [-0.15, -0.1) is 0 Å². The molecule has 0 saturated carbocycles. The molecule has 116 valence electrons. The summed E-state index contributed by atoms with van der Waals surface area (Å²) in [6.07, 6.45) is 1.22. The molecular formula is C16H18N2O3S. The largest absolute Gasteiger partial charge is 0.459 e. The van der Waals surface area contributed by atoms with Gasteiger partial charge in [-0.3, -0.25) is 4.79 Å². The SMILES string of the molecule is CCCC(=O)NC(=S)Nc1cccc(-c2ccc(CO)o2)c1. The third-order valence-corrected chi connectivity index (χ3v) is 3.16. The summed E-state index contributed by atoms with van der Waals surface area (Å²) in [6, 6.07) is 11.0. The molecule has 6 heteroatoms. The smallest absolute Gasteiger partial charge is 0.226 e. The Hall–Kier alpha value is -2.18. The van der Waals surface area contributed by atoms with Gasteiger partial charge in [0.2, 0.25) is 5.91 Å². The second-order valence-electron chi connectivity index (χ2n) is 4.76. The molecule has 0 aliphatic heterocycles. The van der Waals surface area contributed by atoms with Crippen LogP contribution >= 0.6 is 12.2 Å². The van der Waals surface area contributed by atoms with Crippen molar-refractivity contribution in [2.45, 2.75) is 26.4 Å². The lowest BCUT2D eigenvalue weighted by Gasteiger charge is -2.10. The van der Waals surface area contributed by atoms with Gasteiger partial charge in [0, 0.05) is 17.7 Å². The molecule has 5 nitrogen and oxygen atoms in total. The van der Waals surface area contributed by atoms with Gasteiger partial charge in [-0.2, -0.15) is 0 Å². The zero-order valence-corrected chi connectivity index (χ0v) is 13.1. The van der Waals surface area contributed by atoms with E-state index in [2.05, 4.69) is 10.6 Å². The Labute approximate surface area is 134 Å². The maximum Gasteiger partial charge on any atom is 0.226 e. The summed E-state index contributed by atoms with van der Waals surface area (Å²) >= 11 is 5.11. The number of aliphatic hydroxyl groups is 1. The van der Waals surface area contributed by atoms with Crippen molar-refractivity contribution in [3.8, 4) is 11.3 Å². The third kappa shape index (κ3) is 4.41. The van der Waals surface area contributed by atoms with Crippen molar-refractivity contribution in [1.82, 2.24) is 5.32 Å². The molecule has 0 aliphatic rings. The van der Waals surface area contributed by atoms with E-state index < -0.39 is 0 Å². The molecule has 0 aliphatic carbocycles. The molecule has 0 bridgehead atoms. The molecule has 2 rings (SSSR count). The number of thiocarbonyl (C=S) groups is 1. The average molecular weight is 318 g/mol. The van der Waals surface area contributed by atoms with Crippen molar-refractivity contribution < 1.29 is 14.3 Å². The minimum Gasteiger partial charge on any atom is -0.459 e. The number of hydrogen-bond donors (Lipinski definition) is 3. The van der Waals surface area contributed by atoms with Gasteiger partial charge in [0.1, 0.15) is 18.1 Å². The molecule has 0 fully saturated rings. The van der Waals surface area contributed by atoms with Gasteiger partial charge in [0.25, 0.3) is 0 Å². The number of carbonyl (C=O) groups excluding carboxylic acids is 1. The highest BCUT2D eigenvalue weighted by Crippen LogP contribution is 2.24. The highest BCUT2D eigenvalue weighted by atomic mass is 32.1. The van der Waals surface area contributed by atoms with Crippen LogP contribution in [0.2, 0.25) is 0 Å². The summed E-state index contributed by atoms with van der Waals surface area (Å²) in [4.78, 5) is 11.5. The first-order chi connectivity index (χ1) is 10.6. The lowest BCUT2D eigenvalue weighted by atomic mass is 10.1. The Balaban J connectivity index is 2.05. The molecule has 0 radical (unpaired) electrons. The number of carbonyl (C=O) groups is 1. The molecule has 22 heavy (non-hydrogen) atoms. The van der Waals surface area contributed by atoms with Crippen molar-refractivity contribution in [3.05, 3.63) is 42.2 Å². The van der Waals surface area contributed by atoms with Crippen molar-refractivity contribution in [1.29, 1.82) is 0 Å². The monoisotopic (exact) mass is 318 g/mol. The number of furan rings is 1. The molecule has 2 aromatic rings. The summed E-state index contributed by atoms with van der Waals surface area (Å²) in [7, 11) is 0. The second-order valence-corrected chi connectivity index (χ2v) is 5.17. The van der Waals surface area contributed by atoms with Gasteiger partial charge in [0.15, 0.2) is 5.11 Å². The average Bonchev–Trinajstić information content (AvgIpc) is 2.96. The highest BCUT2D eigenvalue weighted by molar-refractivity contribution is 7.80. The Morgan fingerprint density at radius 3 is 2.82 bits per heavy atom. The predicted octanol–water partition coefficient (Wildman–Crippen LogP) is 3.05. The first-order valence-corrected chi connectivity index (χ1v) is 7.44. The van der Waals surface area contributed by atoms with Crippen LogP contribution in [-0.4, -0.2) is 16.1 Å². The van der Waals surface area contributed by atoms with Crippen LogP contribution in [0.3, 0.4) is 0 Å². The van der Waals surface area contributed by atoms with E-state index in [1.165, 1.54) is 0 Å². The maximum atomic E-state index is 11.5. The number of nitrogens with one attached hydrogen (secondary N) is 2. The van der Waals surface area contributed by atoms with Crippen LogP contribution in [-0.2, 0) is 11.4 Å². The second kappa shape index (κ2) is 7.72. The zero-order valence-electron chi connectivity index (χ0n) is 12.3. The van der Waals surface area contributed by atoms with Crippen LogP contribution in [0.1, 0.15) is 25.5 Å². The summed E-state index contributed by atoms with van der Waals surface area (Å²) < 4.78 is 5.49. The lowest BCUT2D eigenvalue weighted by Crippen LogP contribution is -2.33. The maximum absolute atomic E-state index is 11.5. The Morgan fingerprint density at radius 1 is 1.32 bits per heavy atom. The quantitative estimate of drug-likeness (QED) is 0.739. The van der Waals surface area contributed by atoms with Crippen molar-refractivity contribution in [2.24, 2.45) is 0 Å². The molecule has 1 aromatic carbocycles. The van der Waals surface area contributed by atoms with E-state index in [0.29, 0.717) is 17.9 Å². The van der Waals surface area contributed by atoms with Gasteiger partial charge in [-0.05, 0) is 42.9 Å². The lowest BCUT2D eigenvalue weighted by molar-refractivity contribution is -0.119. The van der Waals surface area contributed by atoms with E-state index in [1.54, 1.807) is 12.1 Å². The highest BCUT2D eigenvalue weighted by Gasteiger charge is 2.07. The van der Waals surface area contributed by atoms with Crippen LogP contribution in [0.15, 0.2) is 40.8 Å². The number of rotatable bonds is 5. The Kier molecular flexibility index (Phi) is 5.68. The fourth-order valence-corrected chi connectivity index (χ4v) is 2.18. The van der Waals surface area contributed by atoms with Crippen molar-refractivity contribution >= 4 is 28.9 Å². The topological polar surface area (TPSA) is 74.5 Å². The van der Waals surface area contributed by atoms with Crippen LogP contribution in [0.5, 0.6) is 0 Å². The number of amides is 1. The summed E-state index contributed by atoms with van der Waals surface area (Å²) in [5, 5.41) is 14.9. The zero-order chi connectivity index (χ0) is 15.9. The molecule has 0 spiro atoms.